The molecular formula is C14H9Cl2N3O. The zero-order chi connectivity index (χ0) is 14.1. The summed E-state index contributed by atoms with van der Waals surface area (Å²) in [6.45, 7) is 0. The summed E-state index contributed by atoms with van der Waals surface area (Å²) >= 11 is 11.9. The highest BCUT2D eigenvalue weighted by molar-refractivity contribution is 6.33. The van der Waals surface area contributed by atoms with E-state index in [1.54, 1.807) is 53.2 Å². The summed E-state index contributed by atoms with van der Waals surface area (Å²) in [5.41, 5.74) is 1.50. The van der Waals surface area contributed by atoms with Crippen molar-refractivity contribution in [1.29, 1.82) is 0 Å². The van der Waals surface area contributed by atoms with Crippen LogP contribution < -0.4 is 5.32 Å². The summed E-state index contributed by atoms with van der Waals surface area (Å²) in [6, 6.07) is 10.5. The molecule has 0 aliphatic heterocycles. The molecule has 0 saturated carbocycles. The SMILES string of the molecule is O=C(Nc1ccccc1Cl)c1cn2cc(Cl)ccc2n1. The van der Waals surface area contributed by atoms with Crippen LogP contribution in [0.5, 0.6) is 0 Å². The van der Waals surface area contributed by atoms with Crippen LogP contribution >= 0.6 is 23.2 Å². The van der Waals surface area contributed by atoms with Crippen LogP contribution in [-0.2, 0) is 0 Å². The molecule has 3 rings (SSSR count). The summed E-state index contributed by atoms with van der Waals surface area (Å²) < 4.78 is 1.70. The molecular weight excluding hydrogens is 297 g/mol. The van der Waals surface area contributed by atoms with Crippen molar-refractivity contribution < 1.29 is 4.79 Å². The fraction of sp³-hybridized carbons (Fsp3) is 0. The van der Waals surface area contributed by atoms with Crippen molar-refractivity contribution in [2.24, 2.45) is 0 Å². The number of nitrogens with one attached hydrogen (secondary N) is 1. The summed E-state index contributed by atoms with van der Waals surface area (Å²) in [5, 5.41) is 3.78. The molecule has 3 aromatic rings. The van der Waals surface area contributed by atoms with Gasteiger partial charge in [0.15, 0.2) is 0 Å². The number of rotatable bonds is 2. The molecule has 100 valence electrons. The van der Waals surface area contributed by atoms with E-state index in [1.165, 1.54) is 0 Å². The van der Waals surface area contributed by atoms with E-state index >= 15 is 0 Å². The molecule has 0 atom stereocenters. The fourth-order valence-electron chi connectivity index (χ4n) is 1.82. The summed E-state index contributed by atoms with van der Waals surface area (Å²) in [5.74, 6) is -0.321. The van der Waals surface area contributed by atoms with Gasteiger partial charge in [-0.1, -0.05) is 35.3 Å². The number of nitrogens with zero attached hydrogens (tertiary/aromatic N) is 2. The lowest BCUT2D eigenvalue weighted by Crippen LogP contribution is -2.12. The second kappa shape index (κ2) is 5.15. The van der Waals surface area contributed by atoms with Crippen molar-refractivity contribution in [1.82, 2.24) is 9.38 Å². The van der Waals surface area contributed by atoms with Crippen molar-refractivity contribution in [2.75, 3.05) is 5.32 Å². The highest BCUT2D eigenvalue weighted by atomic mass is 35.5. The summed E-state index contributed by atoms with van der Waals surface area (Å²) in [7, 11) is 0. The number of carbonyl (C=O) groups is 1. The van der Waals surface area contributed by atoms with Crippen LogP contribution in [0.3, 0.4) is 0 Å². The number of fused-ring (bicyclic) bond motifs is 1. The van der Waals surface area contributed by atoms with E-state index in [0.717, 1.165) is 0 Å². The van der Waals surface area contributed by atoms with E-state index in [9.17, 15) is 4.79 Å². The van der Waals surface area contributed by atoms with Crippen LogP contribution in [0.4, 0.5) is 5.69 Å². The Labute approximate surface area is 125 Å². The van der Waals surface area contributed by atoms with Gasteiger partial charge in [-0.25, -0.2) is 4.98 Å². The van der Waals surface area contributed by atoms with E-state index in [-0.39, 0.29) is 5.91 Å². The number of amides is 1. The zero-order valence-electron chi connectivity index (χ0n) is 10.2. The third kappa shape index (κ3) is 2.48. The largest absolute Gasteiger partial charge is 0.319 e. The molecule has 0 aliphatic carbocycles. The lowest BCUT2D eigenvalue weighted by molar-refractivity contribution is 0.102. The third-order valence-electron chi connectivity index (χ3n) is 2.77. The normalized spacial score (nSPS) is 10.7. The van der Waals surface area contributed by atoms with Crippen LogP contribution in [0.2, 0.25) is 10.0 Å². The van der Waals surface area contributed by atoms with Gasteiger partial charge in [-0.3, -0.25) is 4.79 Å². The Morgan fingerprint density at radius 2 is 1.90 bits per heavy atom. The maximum absolute atomic E-state index is 12.1. The van der Waals surface area contributed by atoms with E-state index < -0.39 is 0 Å². The molecule has 4 nitrogen and oxygen atoms in total. The highest BCUT2D eigenvalue weighted by Crippen LogP contribution is 2.21. The predicted octanol–water partition coefficient (Wildman–Crippen LogP) is 3.89. The van der Waals surface area contributed by atoms with E-state index in [1.807, 2.05) is 0 Å². The lowest BCUT2D eigenvalue weighted by atomic mass is 10.3. The first kappa shape index (κ1) is 13.0. The Bertz CT molecular complexity index is 798. The number of hydrogen-bond acceptors (Lipinski definition) is 2. The maximum atomic E-state index is 12.1. The molecule has 20 heavy (non-hydrogen) atoms. The van der Waals surface area contributed by atoms with Gasteiger partial charge in [0, 0.05) is 12.4 Å². The first-order valence-electron chi connectivity index (χ1n) is 5.83. The first-order chi connectivity index (χ1) is 9.63. The number of anilines is 1. The minimum absolute atomic E-state index is 0.298. The van der Waals surface area contributed by atoms with Gasteiger partial charge in [0.05, 0.1) is 15.7 Å². The Morgan fingerprint density at radius 3 is 2.70 bits per heavy atom. The van der Waals surface area contributed by atoms with Gasteiger partial charge in [0.1, 0.15) is 11.3 Å². The highest BCUT2D eigenvalue weighted by Gasteiger charge is 2.12. The standard InChI is InChI=1S/C14H9Cl2N3O/c15-9-5-6-13-17-12(8-19(13)7-9)14(20)18-11-4-2-1-3-10(11)16/h1-8H,(H,18,20). The van der Waals surface area contributed by atoms with Crippen molar-refractivity contribution >= 4 is 40.4 Å². The van der Waals surface area contributed by atoms with Crippen LogP contribution in [-0.4, -0.2) is 15.3 Å². The minimum Gasteiger partial charge on any atom is -0.319 e. The molecule has 0 aliphatic rings. The van der Waals surface area contributed by atoms with Gasteiger partial charge in [0.2, 0.25) is 0 Å². The molecule has 2 heterocycles. The average Bonchev–Trinajstić information content (AvgIpc) is 2.84. The van der Waals surface area contributed by atoms with Crippen LogP contribution in [0.15, 0.2) is 48.8 Å². The topological polar surface area (TPSA) is 46.4 Å². The maximum Gasteiger partial charge on any atom is 0.275 e. The number of para-hydroxylation sites is 1. The molecule has 0 fully saturated rings. The molecule has 1 amide bonds. The average molecular weight is 306 g/mol. The number of aromatic nitrogens is 2. The molecule has 1 N–H and O–H groups in total. The number of benzene rings is 1. The number of carbonyl (C=O) groups excluding carboxylic acids is 1. The van der Waals surface area contributed by atoms with Crippen LogP contribution in [0.1, 0.15) is 10.5 Å². The Balaban J connectivity index is 1.91. The van der Waals surface area contributed by atoms with Gasteiger partial charge in [-0.2, -0.15) is 0 Å². The van der Waals surface area contributed by atoms with E-state index in [2.05, 4.69) is 10.3 Å². The first-order valence-corrected chi connectivity index (χ1v) is 6.59. The van der Waals surface area contributed by atoms with Gasteiger partial charge in [0.25, 0.3) is 5.91 Å². The predicted molar refractivity (Wildman–Crippen MR) is 79.6 cm³/mol. The monoisotopic (exact) mass is 305 g/mol. The minimum atomic E-state index is -0.321. The number of halogens is 2. The number of pyridine rings is 1. The van der Waals surface area contributed by atoms with Crippen molar-refractivity contribution in [3.8, 4) is 0 Å². The Morgan fingerprint density at radius 1 is 1.10 bits per heavy atom. The number of hydrogen-bond donors (Lipinski definition) is 1. The number of imidazole rings is 1. The van der Waals surface area contributed by atoms with Gasteiger partial charge in [-0.05, 0) is 24.3 Å². The second-order valence-electron chi connectivity index (χ2n) is 4.17. The summed E-state index contributed by atoms with van der Waals surface area (Å²) in [4.78, 5) is 16.4. The van der Waals surface area contributed by atoms with Crippen LogP contribution in [0.25, 0.3) is 5.65 Å². The van der Waals surface area contributed by atoms with Gasteiger partial charge >= 0.3 is 0 Å². The fourth-order valence-corrected chi connectivity index (χ4v) is 2.17. The molecule has 0 unspecified atom stereocenters. The van der Waals surface area contributed by atoms with Crippen molar-refractivity contribution in [3.63, 3.8) is 0 Å². The molecule has 6 heteroatoms. The second-order valence-corrected chi connectivity index (χ2v) is 5.02. The van der Waals surface area contributed by atoms with E-state index in [4.69, 9.17) is 23.2 Å². The molecule has 0 radical (unpaired) electrons. The Hall–Kier alpha value is -2.04. The lowest BCUT2D eigenvalue weighted by Gasteiger charge is -2.04. The molecule has 2 aromatic heterocycles. The molecule has 0 spiro atoms. The Kier molecular flexibility index (Phi) is 3.34. The van der Waals surface area contributed by atoms with Crippen LogP contribution in [0, 0.1) is 0 Å². The zero-order valence-corrected chi connectivity index (χ0v) is 11.7. The third-order valence-corrected chi connectivity index (χ3v) is 3.32. The molecule has 0 bridgehead atoms. The molecule has 0 saturated heterocycles. The van der Waals surface area contributed by atoms with Gasteiger partial charge in [-0.15, -0.1) is 0 Å². The molecule has 1 aromatic carbocycles. The van der Waals surface area contributed by atoms with E-state index in [0.29, 0.717) is 27.1 Å². The van der Waals surface area contributed by atoms with Gasteiger partial charge < -0.3 is 9.72 Å². The quantitative estimate of drug-likeness (QED) is 0.780. The smallest absolute Gasteiger partial charge is 0.275 e. The van der Waals surface area contributed by atoms with Crippen molar-refractivity contribution in [2.45, 2.75) is 0 Å². The summed E-state index contributed by atoms with van der Waals surface area (Å²) in [6.07, 6.45) is 3.31. The van der Waals surface area contributed by atoms with Crippen molar-refractivity contribution in [3.05, 3.63) is 64.5 Å².